The standard InChI is InChI=1S/C18H33N3O4S/c1-4-6-17(22)19-11-15-7-5-9-21(12-15)14(2)18(23)20(3)16-8-10-26(24,25)13-16/h14-16H,4-13H2,1-3H3,(H,19,22). The van der Waals surface area contributed by atoms with Gasteiger partial charge in [-0.15, -0.1) is 0 Å². The van der Waals surface area contributed by atoms with Gasteiger partial charge in [0, 0.05) is 32.6 Å². The Bertz CT molecular complexity index is 608. The van der Waals surface area contributed by atoms with Crippen LogP contribution in [0, 0.1) is 5.92 Å². The van der Waals surface area contributed by atoms with Gasteiger partial charge in [0.05, 0.1) is 17.5 Å². The lowest BCUT2D eigenvalue weighted by Crippen LogP contribution is -2.52. The van der Waals surface area contributed by atoms with Crippen molar-refractivity contribution in [3.8, 4) is 0 Å². The Morgan fingerprint density at radius 2 is 2.04 bits per heavy atom. The number of hydrogen-bond acceptors (Lipinski definition) is 5. The second-order valence-electron chi connectivity index (χ2n) is 7.74. The summed E-state index contributed by atoms with van der Waals surface area (Å²) in [5.41, 5.74) is 0. The van der Waals surface area contributed by atoms with Crippen LogP contribution in [0.15, 0.2) is 0 Å². The van der Waals surface area contributed by atoms with E-state index in [4.69, 9.17) is 0 Å². The van der Waals surface area contributed by atoms with Crippen LogP contribution in [0.3, 0.4) is 0 Å². The van der Waals surface area contributed by atoms with Gasteiger partial charge in [-0.3, -0.25) is 14.5 Å². The van der Waals surface area contributed by atoms with Gasteiger partial charge in [-0.2, -0.15) is 0 Å². The highest BCUT2D eigenvalue weighted by atomic mass is 32.2. The molecule has 3 unspecified atom stereocenters. The molecule has 2 rings (SSSR count). The van der Waals surface area contributed by atoms with Gasteiger partial charge in [-0.1, -0.05) is 6.92 Å². The SMILES string of the molecule is CCCC(=O)NCC1CCCN(C(C)C(=O)N(C)C2CCS(=O)(=O)C2)C1. The molecule has 150 valence electrons. The van der Waals surface area contributed by atoms with Crippen LogP contribution in [-0.2, 0) is 19.4 Å². The minimum atomic E-state index is -3.00. The zero-order chi connectivity index (χ0) is 19.3. The Kier molecular flexibility index (Phi) is 7.46. The van der Waals surface area contributed by atoms with Gasteiger partial charge >= 0.3 is 0 Å². The summed E-state index contributed by atoms with van der Waals surface area (Å²) >= 11 is 0. The zero-order valence-corrected chi connectivity index (χ0v) is 17.1. The molecule has 0 radical (unpaired) electrons. The molecular weight excluding hydrogens is 354 g/mol. The van der Waals surface area contributed by atoms with Crippen molar-refractivity contribution < 1.29 is 18.0 Å². The molecule has 0 bridgehead atoms. The van der Waals surface area contributed by atoms with E-state index in [2.05, 4.69) is 10.2 Å². The second-order valence-corrected chi connectivity index (χ2v) is 9.97. The third kappa shape index (κ3) is 5.67. The lowest BCUT2D eigenvalue weighted by molar-refractivity contribution is -0.137. The molecule has 2 fully saturated rings. The number of amides is 2. The monoisotopic (exact) mass is 387 g/mol. The van der Waals surface area contributed by atoms with Crippen molar-refractivity contribution in [1.82, 2.24) is 15.1 Å². The minimum absolute atomic E-state index is 0.0113. The van der Waals surface area contributed by atoms with Gasteiger partial charge in [0.2, 0.25) is 11.8 Å². The molecule has 26 heavy (non-hydrogen) atoms. The number of hydrogen-bond donors (Lipinski definition) is 1. The third-order valence-electron chi connectivity index (χ3n) is 5.62. The van der Waals surface area contributed by atoms with E-state index in [9.17, 15) is 18.0 Å². The lowest BCUT2D eigenvalue weighted by Gasteiger charge is -2.38. The number of nitrogens with zero attached hydrogens (tertiary/aromatic N) is 2. The molecule has 2 heterocycles. The Balaban J connectivity index is 1.86. The Morgan fingerprint density at radius 1 is 1.31 bits per heavy atom. The number of piperidine rings is 1. The highest BCUT2D eigenvalue weighted by Gasteiger charge is 2.36. The quantitative estimate of drug-likeness (QED) is 0.693. The predicted octanol–water partition coefficient (Wildman–Crippen LogP) is 0.649. The molecule has 7 nitrogen and oxygen atoms in total. The third-order valence-corrected chi connectivity index (χ3v) is 7.37. The van der Waals surface area contributed by atoms with E-state index < -0.39 is 9.84 Å². The first kappa shape index (κ1) is 21.2. The Hall–Kier alpha value is -1.15. The van der Waals surface area contributed by atoms with Crippen LogP contribution in [0.5, 0.6) is 0 Å². The van der Waals surface area contributed by atoms with Gasteiger partial charge in [-0.05, 0) is 45.1 Å². The molecule has 1 N–H and O–H groups in total. The molecule has 2 amide bonds. The van der Waals surface area contributed by atoms with Crippen molar-refractivity contribution in [3.05, 3.63) is 0 Å². The van der Waals surface area contributed by atoms with Crippen molar-refractivity contribution in [3.63, 3.8) is 0 Å². The number of likely N-dealkylation sites (N-methyl/N-ethyl adjacent to an activating group) is 1. The van der Waals surface area contributed by atoms with E-state index >= 15 is 0 Å². The maximum Gasteiger partial charge on any atom is 0.239 e. The first-order valence-electron chi connectivity index (χ1n) is 9.71. The summed E-state index contributed by atoms with van der Waals surface area (Å²) < 4.78 is 23.3. The van der Waals surface area contributed by atoms with Crippen LogP contribution in [0.1, 0.15) is 46.0 Å². The van der Waals surface area contributed by atoms with Gasteiger partial charge in [0.15, 0.2) is 9.84 Å². The van der Waals surface area contributed by atoms with Crippen molar-refractivity contribution in [2.75, 3.05) is 38.2 Å². The van der Waals surface area contributed by atoms with Crippen molar-refractivity contribution in [2.24, 2.45) is 5.92 Å². The van der Waals surface area contributed by atoms with E-state index in [-0.39, 0.29) is 35.4 Å². The van der Waals surface area contributed by atoms with Gasteiger partial charge in [0.25, 0.3) is 0 Å². The van der Waals surface area contributed by atoms with Crippen LogP contribution in [0.2, 0.25) is 0 Å². The topological polar surface area (TPSA) is 86.8 Å². The molecule has 0 aromatic heterocycles. The predicted molar refractivity (Wildman–Crippen MR) is 102 cm³/mol. The maximum absolute atomic E-state index is 12.8. The Morgan fingerprint density at radius 3 is 2.65 bits per heavy atom. The van der Waals surface area contributed by atoms with Crippen LogP contribution in [0.4, 0.5) is 0 Å². The second kappa shape index (κ2) is 9.17. The Labute approximate surface area is 157 Å². The van der Waals surface area contributed by atoms with E-state index in [1.165, 1.54) is 0 Å². The molecule has 0 saturated carbocycles. The summed E-state index contributed by atoms with van der Waals surface area (Å²) in [5.74, 6) is 0.691. The molecule has 2 aliphatic heterocycles. The average molecular weight is 388 g/mol. The largest absolute Gasteiger partial charge is 0.356 e. The number of carbonyl (C=O) groups excluding carboxylic acids is 2. The fourth-order valence-electron chi connectivity index (χ4n) is 3.90. The average Bonchev–Trinajstić information content (AvgIpc) is 2.98. The maximum atomic E-state index is 12.8. The van der Waals surface area contributed by atoms with E-state index in [1.54, 1.807) is 11.9 Å². The molecule has 8 heteroatoms. The molecule has 0 spiro atoms. The van der Waals surface area contributed by atoms with Gasteiger partial charge in [0.1, 0.15) is 0 Å². The highest BCUT2D eigenvalue weighted by molar-refractivity contribution is 7.91. The molecule has 0 aromatic carbocycles. The minimum Gasteiger partial charge on any atom is -0.356 e. The first-order chi connectivity index (χ1) is 12.2. The number of likely N-dealkylation sites (tertiary alicyclic amines) is 1. The lowest BCUT2D eigenvalue weighted by atomic mass is 9.96. The van der Waals surface area contributed by atoms with Gasteiger partial charge < -0.3 is 10.2 Å². The van der Waals surface area contributed by atoms with Crippen molar-refractivity contribution in [1.29, 1.82) is 0 Å². The number of nitrogens with one attached hydrogen (secondary N) is 1. The van der Waals surface area contributed by atoms with Crippen molar-refractivity contribution in [2.45, 2.75) is 58.0 Å². The summed E-state index contributed by atoms with van der Waals surface area (Å²) in [6.07, 6.45) is 4.00. The summed E-state index contributed by atoms with van der Waals surface area (Å²) in [7, 11) is -1.28. The van der Waals surface area contributed by atoms with Crippen LogP contribution >= 0.6 is 0 Å². The molecule has 2 aliphatic rings. The summed E-state index contributed by atoms with van der Waals surface area (Å²) in [4.78, 5) is 28.3. The molecular formula is C18H33N3O4S. The van der Waals surface area contributed by atoms with Crippen LogP contribution in [-0.4, -0.2) is 80.3 Å². The normalized spacial score (nSPS) is 27.0. The zero-order valence-electron chi connectivity index (χ0n) is 16.2. The fraction of sp³-hybridized carbons (Fsp3) is 0.889. The number of sulfone groups is 1. The fourth-order valence-corrected chi connectivity index (χ4v) is 5.68. The smallest absolute Gasteiger partial charge is 0.239 e. The van der Waals surface area contributed by atoms with Crippen molar-refractivity contribution >= 4 is 21.7 Å². The highest BCUT2D eigenvalue weighted by Crippen LogP contribution is 2.21. The number of rotatable bonds is 7. The van der Waals surface area contributed by atoms with E-state index in [0.717, 1.165) is 32.4 Å². The van der Waals surface area contributed by atoms with E-state index in [1.807, 2.05) is 13.8 Å². The molecule has 3 atom stereocenters. The summed E-state index contributed by atoms with van der Waals surface area (Å²) in [6.45, 7) is 6.20. The molecule has 0 aliphatic carbocycles. The first-order valence-corrected chi connectivity index (χ1v) is 11.5. The molecule has 0 aromatic rings. The van der Waals surface area contributed by atoms with Crippen LogP contribution in [0.25, 0.3) is 0 Å². The molecule has 2 saturated heterocycles. The number of carbonyl (C=O) groups is 2. The summed E-state index contributed by atoms with van der Waals surface area (Å²) in [5, 5.41) is 2.99. The van der Waals surface area contributed by atoms with Gasteiger partial charge in [-0.25, -0.2) is 8.42 Å². The van der Waals surface area contributed by atoms with Crippen LogP contribution < -0.4 is 5.32 Å². The van der Waals surface area contributed by atoms with E-state index in [0.29, 0.717) is 25.3 Å². The summed E-state index contributed by atoms with van der Waals surface area (Å²) in [6, 6.07) is -0.471.